The largest absolute Gasteiger partial charge is 0.471 e. The standard InChI is InChI=1S/C42H47N7O8S2/c50-37-33-23-30(56-38-35(34-20-12-22-58-34)46-36-31(44-38)19-11-21-43-36)25-49(33)39(51)32(45-41(53)57-29-16-9-10-17-29)18-8-3-1-2-7-15-28-24-42(28,47-37)40(52)48-59(54,55)26-27-13-5-4-6-14-27/h4-7,11-15,19-22,28-30,32-33H,1-3,8-10,16-18,23-26H2,(H,45,53)(H,47,50)(H,48,52)/b15-7-/t28?,30-,32-,33?,42?/m1/s1. The Bertz CT molecular complexity index is 2320. The summed E-state index contributed by atoms with van der Waals surface area (Å²) in [4.78, 5) is 72.6. The zero-order valence-electron chi connectivity index (χ0n) is 32.5. The molecule has 3 unspecified atom stereocenters. The van der Waals surface area contributed by atoms with E-state index in [4.69, 9.17) is 19.4 Å². The van der Waals surface area contributed by atoms with Gasteiger partial charge in [-0.2, -0.15) is 0 Å². The van der Waals surface area contributed by atoms with Gasteiger partial charge in [0.1, 0.15) is 41.0 Å². The fourth-order valence-corrected chi connectivity index (χ4v) is 10.1. The first-order valence-corrected chi connectivity index (χ1v) is 22.8. The number of nitrogens with one attached hydrogen (secondary N) is 3. The average Bonchev–Trinajstić information content (AvgIpc) is 3.71. The molecule has 4 aliphatic rings. The van der Waals surface area contributed by atoms with Crippen LogP contribution in [-0.2, 0) is 34.9 Å². The van der Waals surface area contributed by atoms with Gasteiger partial charge in [-0.05, 0) is 80.5 Å². The van der Waals surface area contributed by atoms with Crippen molar-refractivity contribution < 1.29 is 37.1 Å². The van der Waals surface area contributed by atoms with E-state index in [0.717, 1.165) is 43.4 Å². The maximum absolute atomic E-state index is 14.7. The van der Waals surface area contributed by atoms with E-state index in [9.17, 15) is 27.6 Å². The van der Waals surface area contributed by atoms with Crippen molar-refractivity contribution in [3.63, 3.8) is 0 Å². The highest BCUT2D eigenvalue weighted by atomic mass is 32.2. The molecule has 5 atom stereocenters. The number of hydrogen-bond donors (Lipinski definition) is 3. The summed E-state index contributed by atoms with van der Waals surface area (Å²) in [5.74, 6) is -2.68. The van der Waals surface area contributed by atoms with E-state index in [1.807, 2.05) is 29.7 Å². The fourth-order valence-electron chi connectivity index (χ4n) is 8.25. The molecule has 0 spiro atoms. The van der Waals surface area contributed by atoms with Crippen LogP contribution in [0.15, 0.2) is 78.3 Å². The number of pyridine rings is 1. The van der Waals surface area contributed by atoms with Crippen LogP contribution in [0.5, 0.6) is 5.88 Å². The van der Waals surface area contributed by atoms with Crippen molar-refractivity contribution in [2.45, 2.75) is 106 Å². The van der Waals surface area contributed by atoms with Gasteiger partial charge in [0, 0.05) is 18.5 Å². The number of carbonyl (C=O) groups is 4. The molecule has 310 valence electrons. The number of benzene rings is 1. The van der Waals surface area contributed by atoms with Crippen LogP contribution in [0.2, 0.25) is 0 Å². The minimum Gasteiger partial charge on any atom is -0.471 e. The van der Waals surface area contributed by atoms with Crippen LogP contribution in [0, 0.1) is 5.92 Å². The molecule has 2 aliphatic heterocycles. The Balaban J connectivity index is 1.09. The summed E-state index contributed by atoms with van der Waals surface area (Å²) in [6, 6.07) is 13.6. The smallest absolute Gasteiger partial charge is 0.408 e. The van der Waals surface area contributed by atoms with E-state index in [-0.39, 0.29) is 31.4 Å². The van der Waals surface area contributed by atoms with E-state index in [2.05, 4.69) is 20.3 Å². The summed E-state index contributed by atoms with van der Waals surface area (Å²) >= 11 is 1.45. The first-order valence-electron chi connectivity index (χ1n) is 20.3. The number of amides is 4. The van der Waals surface area contributed by atoms with Gasteiger partial charge in [-0.15, -0.1) is 11.3 Å². The zero-order chi connectivity index (χ0) is 41.0. The molecule has 8 rings (SSSR count). The lowest BCUT2D eigenvalue weighted by atomic mass is 10.0. The summed E-state index contributed by atoms with van der Waals surface area (Å²) in [6.45, 7) is -0.0443. The third-order valence-electron chi connectivity index (χ3n) is 11.4. The lowest BCUT2D eigenvalue weighted by Crippen LogP contribution is -2.58. The minimum atomic E-state index is -4.14. The molecule has 1 aromatic carbocycles. The molecule has 17 heteroatoms. The van der Waals surface area contributed by atoms with Crippen molar-refractivity contribution >= 4 is 56.3 Å². The summed E-state index contributed by atoms with van der Waals surface area (Å²) in [5, 5.41) is 7.62. The average molecular weight is 842 g/mol. The molecule has 0 radical (unpaired) electrons. The second-order valence-corrected chi connectivity index (χ2v) is 18.4. The molecule has 3 N–H and O–H groups in total. The highest BCUT2D eigenvalue weighted by Crippen LogP contribution is 2.46. The summed E-state index contributed by atoms with van der Waals surface area (Å²) in [7, 11) is -4.14. The molecule has 3 aromatic heterocycles. The Morgan fingerprint density at radius 2 is 1.76 bits per heavy atom. The highest BCUT2D eigenvalue weighted by Gasteiger charge is 2.61. The van der Waals surface area contributed by atoms with Gasteiger partial charge in [-0.25, -0.2) is 28.2 Å². The van der Waals surface area contributed by atoms with E-state index < -0.39 is 69.2 Å². The predicted octanol–water partition coefficient (Wildman–Crippen LogP) is 5.18. The molecule has 0 bridgehead atoms. The Kier molecular flexibility index (Phi) is 11.9. The second kappa shape index (κ2) is 17.4. The second-order valence-electron chi connectivity index (χ2n) is 15.7. The Morgan fingerprint density at radius 3 is 2.56 bits per heavy atom. The number of aromatic nitrogens is 3. The maximum atomic E-state index is 14.7. The van der Waals surface area contributed by atoms with Gasteiger partial charge in [0.25, 0.3) is 5.91 Å². The van der Waals surface area contributed by atoms with Gasteiger partial charge >= 0.3 is 6.09 Å². The minimum absolute atomic E-state index is 0.0119. The molecule has 2 saturated carbocycles. The number of carbonyl (C=O) groups excluding carboxylic acids is 4. The van der Waals surface area contributed by atoms with Gasteiger partial charge in [0.15, 0.2) is 5.65 Å². The molecule has 5 heterocycles. The number of rotatable bonds is 9. The van der Waals surface area contributed by atoms with Crippen LogP contribution in [0.4, 0.5) is 4.79 Å². The van der Waals surface area contributed by atoms with Gasteiger partial charge in [-0.3, -0.25) is 19.1 Å². The number of ether oxygens (including phenoxy) is 2. The number of thiophene rings is 1. The van der Waals surface area contributed by atoms with Crippen molar-refractivity contribution in [3.8, 4) is 16.5 Å². The third kappa shape index (κ3) is 9.41. The van der Waals surface area contributed by atoms with E-state index in [1.165, 1.54) is 16.2 Å². The number of allylic oxidation sites excluding steroid dienone is 1. The van der Waals surface area contributed by atoms with E-state index >= 15 is 0 Å². The van der Waals surface area contributed by atoms with Crippen LogP contribution in [0.25, 0.3) is 21.7 Å². The van der Waals surface area contributed by atoms with Crippen molar-refractivity contribution in [1.29, 1.82) is 0 Å². The van der Waals surface area contributed by atoms with Crippen molar-refractivity contribution in [2.75, 3.05) is 6.54 Å². The van der Waals surface area contributed by atoms with E-state index in [1.54, 1.807) is 48.7 Å². The quantitative estimate of drug-likeness (QED) is 0.188. The Labute approximate surface area is 346 Å². The molecule has 1 saturated heterocycles. The zero-order valence-corrected chi connectivity index (χ0v) is 34.1. The molecular formula is C42H47N7O8S2. The molecule has 15 nitrogen and oxygen atoms in total. The third-order valence-corrected chi connectivity index (χ3v) is 13.5. The van der Waals surface area contributed by atoms with Crippen LogP contribution >= 0.6 is 11.3 Å². The molecule has 4 aromatic rings. The predicted molar refractivity (Wildman–Crippen MR) is 219 cm³/mol. The number of nitrogens with zero attached hydrogens (tertiary/aromatic N) is 4. The van der Waals surface area contributed by atoms with Gasteiger partial charge in [0.2, 0.25) is 27.7 Å². The van der Waals surface area contributed by atoms with Crippen molar-refractivity contribution in [1.82, 2.24) is 35.2 Å². The summed E-state index contributed by atoms with van der Waals surface area (Å²) in [5.41, 5.74) is 0.312. The fraction of sp³-hybridized carbons (Fsp3) is 0.452. The van der Waals surface area contributed by atoms with Gasteiger partial charge in [0.05, 0.1) is 17.2 Å². The normalized spacial score (nSPS) is 25.8. The van der Waals surface area contributed by atoms with Crippen LogP contribution < -0.4 is 20.1 Å². The number of hydrogen-bond acceptors (Lipinski definition) is 12. The molecule has 2 aliphatic carbocycles. The number of fused-ring (bicyclic) bond motifs is 3. The topological polar surface area (TPSA) is 199 Å². The molecular weight excluding hydrogens is 795 g/mol. The van der Waals surface area contributed by atoms with Crippen molar-refractivity contribution in [2.24, 2.45) is 5.92 Å². The van der Waals surface area contributed by atoms with Crippen molar-refractivity contribution in [3.05, 3.63) is 83.9 Å². The summed E-state index contributed by atoms with van der Waals surface area (Å²) in [6.07, 6.45) is 10.6. The van der Waals surface area contributed by atoms with Crippen LogP contribution in [-0.4, -0.2) is 88.5 Å². The number of alkyl carbamates (subject to hydrolysis) is 1. The SMILES string of the molecule is O=C(N[C@@H]1CCCCC/C=C\C2CC2(C(=O)NS(=O)(=O)Cc2ccccc2)NC(=O)C2C[C@@H](Oc3nc4cccnc4nc3-c3cccs3)CN2C1=O)OC1CCCC1. The van der Waals surface area contributed by atoms with Gasteiger partial charge < -0.3 is 25.0 Å². The Hall–Kier alpha value is -5.42. The van der Waals surface area contributed by atoms with E-state index in [0.29, 0.717) is 41.7 Å². The maximum Gasteiger partial charge on any atom is 0.408 e. The number of sulfonamides is 1. The molecule has 3 fully saturated rings. The van der Waals surface area contributed by atoms with Gasteiger partial charge in [-0.1, -0.05) is 61.4 Å². The first-order chi connectivity index (χ1) is 28.6. The molecule has 59 heavy (non-hydrogen) atoms. The monoisotopic (exact) mass is 841 g/mol. The Morgan fingerprint density at radius 1 is 0.949 bits per heavy atom. The molecule has 4 amide bonds. The van der Waals surface area contributed by atoms with Crippen LogP contribution in [0.3, 0.4) is 0 Å². The highest BCUT2D eigenvalue weighted by molar-refractivity contribution is 7.89. The van der Waals surface area contributed by atoms with Crippen LogP contribution in [0.1, 0.15) is 76.2 Å². The lowest BCUT2D eigenvalue weighted by Gasteiger charge is -2.30. The first kappa shape index (κ1) is 40.4. The summed E-state index contributed by atoms with van der Waals surface area (Å²) < 4.78 is 41.0. The lowest BCUT2D eigenvalue weighted by molar-refractivity contribution is -0.141.